The quantitative estimate of drug-likeness (QED) is 0.939. The van der Waals surface area contributed by atoms with Crippen LogP contribution in [-0.2, 0) is 0 Å². The van der Waals surface area contributed by atoms with Crippen molar-refractivity contribution in [1.82, 2.24) is 4.98 Å². The van der Waals surface area contributed by atoms with Gasteiger partial charge in [-0.3, -0.25) is 0 Å². The van der Waals surface area contributed by atoms with Crippen molar-refractivity contribution in [3.63, 3.8) is 0 Å². The van der Waals surface area contributed by atoms with Crippen LogP contribution in [0.5, 0.6) is 5.75 Å². The van der Waals surface area contributed by atoms with E-state index in [1.165, 1.54) is 0 Å². The Balaban J connectivity index is 1.72. The van der Waals surface area contributed by atoms with Gasteiger partial charge >= 0.3 is 0 Å². The molecule has 22 heavy (non-hydrogen) atoms. The maximum atomic E-state index is 9.13. The molecule has 0 spiro atoms. The minimum absolute atomic E-state index is 0.270. The molecule has 5 nitrogen and oxygen atoms in total. The third-order valence-electron chi connectivity index (χ3n) is 3.88. The summed E-state index contributed by atoms with van der Waals surface area (Å²) in [6.07, 6.45) is 2.70. The zero-order valence-electron chi connectivity index (χ0n) is 12.5. The highest BCUT2D eigenvalue weighted by molar-refractivity contribution is 5.60. The summed E-state index contributed by atoms with van der Waals surface area (Å²) in [5.74, 6) is 1.55. The molecule has 1 aromatic carbocycles. The predicted octanol–water partition coefficient (Wildman–Crippen LogP) is 2.65. The van der Waals surface area contributed by atoms with Crippen LogP contribution in [0.4, 0.5) is 11.5 Å². The summed E-state index contributed by atoms with van der Waals surface area (Å²) in [6, 6.07) is 14.0. The van der Waals surface area contributed by atoms with E-state index in [1.807, 2.05) is 18.2 Å². The summed E-state index contributed by atoms with van der Waals surface area (Å²) in [4.78, 5) is 6.56. The van der Waals surface area contributed by atoms with Gasteiger partial charge in [-0.15, -0.1) is 0 Å². The Kier molecular flexibility index (Phi) is 4.10. The average Bonchev–Trinajstić information content (AvgIpc) is 3.03. The van der Waals surface area contributed by atoms with Crippen molar-refractivity contribution in [2.75, 3.05) is 30.4 Å². The number of anilines is 2. The van der Waals surface area contributed by atoms with Crippen molar-refractivity contribution in [2.45, 2.75) is 12.5 Å². The normalized spacial score (nSPS) is 17.1. The van der Waals surface area contributed by atoms with E-state index in [9.17, 15) is 0 Å². The molecule has 2 heterocycles. The van der Waals surface area contributed by atoms with Crippen molar-refractivity contribution < 1.29 is 4.74 Å². The van der Waals surface area contributed by atoms with Crippen LogP contribution in [0.1, 0.15) is 12.0 Å². The molecule has 1 aromatic heterocycles. The molecule has 1 atom stereocenters. The lowest BCUT2D eigenvalue weighted by atomic mass is 10.2. The number of rotatable bonds is 4. The lowest BCUT2D eigenvalue weighted by Crippen LogP contribution is -2.26. The third-order valence-corrected chi connectivity index (χ3v) is 3.88. The zero-order valence-corrected chi connectivity index (χ0v) is 12.5. The van der Waals surface area contributed by atoms with E-state index in [-0.39, 0.29) is 6.04 Å². The number of ether oxygens (including phenoxy) is 1. The van der Waals surface area contributed by atoms with Crippen molar-refractivity contribution in [2.24, 2.45) is 0 Å². The molecule has 0 saturated carbocycles. The van der Waals surface area contributed by atoms with Crippen LogP contribution in [0.15, 0.2) is 42.6 Å². The van der Waals surface area contributed by atoms with E-state index < -0.39 is 0 Å². The van der Waals surface area contributed by atoms with E-state index in [2.05, 4.69) is 27.3 Å². The fourth-order valence-electron chi connectivity index (χ4n) is 2.79. The highest BCUT2D eigenvalue weighted by atomic mass is 16.5. The monoisotopic (exact) mass is 294 g/mol. The van der Waals surface area contributed by atoms with Crippen molar-refractivity contribution >= 4 is 11.5 Å². The standard InChI is InChI=1S/C17H18N4O/c1-22-16-7-3-2-6-15(16)21-10-8-14(12-21)20-17-13(11-18)5-4-9-19-17/h2-7,9,14H,8,10,12H2,1H3,(H,19,20)/t14-/m0/s1. The average molecular weight is 294 g/mol. The Labute approximate surface area is 130 Å². The lowest BCUT2D eigenvalue weighted by molar-refractivity contribution is 0.415. The van der Waals surface area contributed by atoms with Gasteiger partial charge in [0.25, 0.3) is 0 Å². The van der Waals surface area contributed by atoms with Crippen LogP contribution < -0.4 is 15.0 Å². The van der Waals surface area contributed by atoms with Gasteiger partial charge in [-0.2, -0.15) is 5.26 Å². The minimum atomic E-state index is 0.270. The van der Waals surface area contributed by atoms with Crippen molar-refractivity contribution in [1.29, 1.82) is 5.26 Å². The number of para-hydroxylation sites is 2. The molecule has 1 fully saturated rings. The molecule has 0 radical (unpaired) electrons. The summed E-state index contributed by atoms with van der Waals surface area (Å²) in [5, 5.41) is 12.5. The number of aromatic nitrogens is 1. The van der Waals surface area contributed by atoms with Gasteiger partial charge in [0, 0.05) is 25.3 Å². The molecule has 2 aromatic rings. The molecular formula is C17H18N4O. The van der Waals surface area contributed by atoms with E-state index in [4.69, 9.17) is 10.00 Å². The Morgan fingerprint density at radius 2 is 2.18 bits per heavy atom. The molecule has 1 saturated heterocycles. The number of nitrogens with one attached hydrogen (secondary N) is 1. The van der Waals surface area contributed by atoms with Crippen LogP contribution in [0, 0.1) is 11.3 Å². The smallest absolute Gasteiger partial charge is 0.144 e. The van der Waals surface area contributed by atoms with Gasteiger partial charge in [-0.25, -0.2) is 4.98 Å². The van der Waals surface area contributed by atoms with Gasteiger partial charge in [0.05, 0.1) is 18.4 Å². The molecule has 0 aliphatic carbocycles. The maximum absolute atomic E-state index is 9.13. The number of hydrogen-bond donors (Lipinski definition) is 1. The number of pyridine rings is 1. The third kappa shape index (κ3) is 2.82. The zero-order chi connectivity index (χ0) is 15.4. The highest BCUT2D eigenvalue weighted by Crippen LogP contribution is 2.31. The molecule has 0 amide bonds. The second-order valence-corrected chi connectivity index (χ2v) is 5.26. The molecular weight excluding hydrogens is 276 g/mol. The summed E-state index contributed by atoms with van der Waals surface area (Å²) >= 11 is 0. The first kappa shape index (κ1) is 14.2. The molecule has 1 aliphatic rings. The topological polar surface area (TPSA) is 61.2 Å². The molecule has 3 rings (SSSR count). The first-order chi connectivity index (χ1) is 10.8. The molecule has 1 aliphatic heterocycles. The number of nitriles is 1. The minimum Gasteiger partial charge on any atom is -0.495 e. The fourth-order valence-corrected chi connectivity index (χ4v) is 2.79. The van der Waals surface area contributed by atoms with E-state index in [1.54, 1.807) is 25.4 Å². The second-order valence-electron chi connectivity index (χ2n) is 5.26. The summed E-state index contributed by atoms with van der Waals surface area (Å²) in [7, 11) is 1.69. The Morgan fingerprint density at radius 1 is 1.32 bits per heavy atom. The van der Waals surface area contributed by atoms with Crippen molar-refractivity contribution in [3.05, 3.63) is 48.2 Å². The molecule has 5 heteroatoms. The fraction of sp³-hybridized carbons (Fsp3) is 0.294. The summed E-state index contributed by atoms with van der Waals surface area (Å²) in [5.41, 5.74) is 1.69. The van der Waals surface area contributed by atoms with Gasteiger partial charge in [0.2, 0.25) is 0 Å². The first-order valence-electron chi connectivity index (χ1n) is 7.31. The summed E-state index contributed by atoms with van der Waals surface area (Å²) < 4.78 is 5.43. The second kappa shape index (κ2) is 6.35. The van der Waals surface area contributed by atoms with Gasteiger partial charge in [0.1, 0.15) is 17.6 Å². The Morgan fingerprint density at radius 3 is 3.00 bits per heavy atom. The van der Waals surface area contributed by atoms with Crippen LogP contribution in [-0.4, -0.2) is 31.2 Å². The lowest BCUT2D eigenvalue weighted by Gasteiger charge is -2.21. The molecule has 0 bridgehead atoms. The molecule has 1 N–H and O–H groups in total. The van der Waals surface area contributed by atoms with Crippen LogP contribution >= 0.6 is 0 Å². The van der Waals surface area contributed by atoms with E-state index in [0.717, 1.165) is 30.9 Å². The van der Waals surface area contributed by atoms with E-state index >= 15 is 0 Å². The van der Waals surface area contributed by atoms with Crippen LogP contribution in [0.2, 0.25) is 0 Å². The molecule has 0 unspecified atom stereocenters. The van der Waals surface area contributed by atoms with E-state index in [0.29, 0.717) is 11.4 Å². The van der Waals surface area contributed by atoms with Crippen LogP contribution in [0.3, 0.4) is 0 Å². The highest BCUT2D eigenvalue weighted by Gasteiger charge is 2.25. The van der Waals surface area contributed by atoms with Crippen molar-refractivity contribution in [3.8, 4) is 11.8 Å². The van der Waals surface area contributed by atoms with Gasteiger partial charge in [-0.05, 0) is 30.7 Å². The predicted molar refractivity (Wildman–Crippen MR) is 86.2 cm³/mol. The van der Waals surface area contributed by atoms with Crippen LogP contribution in [0.25, 0.3) is 0 Å². The SMILES string of the molecule is COc1ccccc1N1CC[C@H](Nc2ncccc2C#N)C1. The Hall–Kier alpha value is -2.74. The number of methoxy groups -OCH3 is 1. The number of hydrogen-bond acceptors (Lipinski definition) is 5. The summed E-state index contributed by atoms with van der Waals surface area (Å²) in [6.45, 7) is 1.81. The number of benzene rings is 1. The molecule has 112 valence electrons. The van der Waals surface area contributed by atoms with Gasteiger partial charge in [-0.1, -0.05) is 12.1 Å². The maximum Gasteiger partial charge on any atom is 0.144 e. The number of nitrogens with zero attached hydrogens (tertiary/aromatic N) is 3. The Bertz CT molecular complexity index is 695. The largest absolute Gasteiger partial charge is 0.495 e. The first-order valence-corrected chi connectivity index (χ1v) is 7.31. The van der Waals surface area contributed by atoms with Gasteiger partial charge < -0.3 is 15.0 Å². The van der Waals surface area contributed by atoms with Gasteiger partial charge in [0.15, 0.2) is 0 Å².